The van der Waals surface area contributed by atoms with Crippen LogP contribution in [0.1, 0.15) is 0 Å². The Hall–Kier alpha value is -3.47. The van der Waals surface area contributed by atoms with Crippen molar-refractivity contribution in [1.82, 2.24) is 4.98 Å². The molecule has 5 nitrogen and oxygen atoms in total. The standard InChI is InChI=1S/C23H23NO4/c1-5-11-27-18-7-8-19-16(13-18)9-10-24-22(19)17-14-20(25-3)23(28-12-6-2)21(15-17)26-4/h5-10,13-15H,1-2,11-12H2,3-4H3. The number of nitrogens with zero attached hydrogens (tertiary/aromatic N) is 1. The molecule has 0 fully saturated rings. The molecule has 0 atom stereocenters. The number of ether oxygens (including phenoxy) is 4. The minimum absolute atomic E-state index is 0.353. The summed E-state index contributed by atoms with van der Waals surface area (Å²) >= 11 is 0. The van der Waals surface area contributed by atoms with Gasteiger partial charge in [-0.2, -0.15) is 0 Å². The van der Waals surface area contributed by atoms with E-state index in [1.165, 1.54) is 0 Å². The zero-order valence-corrected chi connectivity index (χ0v) is 16.1. The third-order valence-corrected chi connectivity index (χ3v) is 4.18. The van der Waals surface area contributed by atoms with Crippen molar-refractivity contribution in [2.45, 2.75) is 0 Å². The van der Waals surface area contributed by atoms with Gasteiger partial charge < -0.3 is 18.9 Å². The van der Waals surface area contributed by atoms with Gasteiger partial charge in [0, 0.05) is 17.1 Å². The maximum atomic E-state index is 5.72. The van der Waals surface area contributed by atoms with Crippen LogP contribution < -0.4 is 18.9 Å². The zero-order chi connectivity index (χ0) is 19.9. The molecule has 0 N–H and O–H groups in total. The fraction of sp³-hybridized carbons (Fsp3) is 0.174. The average Bonchev–Trinajstić information content (AvgIpc) is 2.74. The van der Waals surface area contributed by atoms with Crippen LogP contribution in [0.3, 0.4) is 0 Å². The molecule has 0 saturated heterocycles. The molecule has 2 aromatic carbocycles. The van der Waals surface area contributed by atoms with E-state index < -0.39 is 0 Å². The van der Waals surface area contributed by atoms with Gasteiger partial charge in [-0.15, -0.1) is 0 Å². The van der Waals surface area contributed by atoms with E-state index in [0.29, 0.717) is 30.5 Å². The molecule has 0 bridgehead atoms. The third kappa shape index (κ3) is 3.93. The lowest BCUT2D eigenvalue weighted by atomic mass is 10.0. The molecule has 0 radical (unpaired) electrons. The number of pyridine rings is 1. The lowest BCUT2D eigenvalue weighted by molar-refractivity contribution is 0.301. The van der Waals surface area contributed by atoms with Crippen molar-refractivity contribution in [1.29, 1.82) is 0 Å². The van der Waals surface area contributed by atoms with Crippen molar-refractivity contribution in [3.63, 3.8) is 0 Å². The van der Waals surface area contributed by atoms with E-state index >= 15 is 0 Å². The van der Waals surface area contributed by atoms with Crippen LogP contribution in [-0.4, -0.2) is 32.4 Å². The predicted molar refractivity (Wildman–Crippen MR) is 112 cm³/mol. The number of hydrogen-bond acceptors (Lipinski definition) is 5. The number of benzene rings is 2. The first-order valence-electron chi connectivity index (χ1n) is 8.84. The van der Waals surface area contributed by atoms with Gasteiger partial charge >= 0.3 is 0 Å². The van der Waals surface area contributed by atoms with Gasteiger partial charge in [-0.05, 0) is 41.8 Å². The summed E-state index contributed by atoms with van der Waals surface area (Å²) in [5.41, 5.74) is 1.68. The molecule has 0 spiro atoms. The van der Waals surface area contributed by atoms with E-state index in [1.54, 1.807) is 32.6 Å². The number of rotatable bonds is 9. The highest BCUT2D eigenvalue weighted by atomic mass is 16.5. The van der Waals surface area contributed by atoms with Crippen molar-refractivity contribution in [3.05, 3.63) is 67.9 Å². The van der Waals surface area contributed by atoms with E-state index in [-0.39, 0.29) is 0 Å². The van der Waals surface area contributed by atoms with Crippen molar-refractivity contribution < 1.29 is 18.9 Å². The molecule has 0 amide bonds. The van der Waals surface area contributed by atoms with E-state index in [0.717, 1.165) is 27.8 Å². The summed E-state index contributed by atoms with van der Waals surface area (Å²) in [5.74, 6) is 2.46. The minimum atomic E-state index is 0.353. The second-order valence-electron chi connectivity index (χ2n) is 5.95. The van der Waals surface area contributed by atoms with Crippen LogP contribution in [0.25, 0.3) is 22.0 Å². The van der Waals surface area contributed by atoms with Gasteiger partial charge in [-0.25, -0.2) is 0 Å². The predicted octanol–water partition coefficient (Wildman–Crippen LogP) is 5.05. The monoisotopic (exact) mass is 377 g/mol. The maximum Gasteiger partial charge on any atom is 0.203 e. The molecule has 144 valence electrons. The molecule has 0 aliphatic heterocycles. The number of fused-ring (bicyclic) bond motifs is 1. The van der Waals surface area contributed by atoms with Gasteiger partial charge in [0.15, 0.2) is 11.5 Å². The number of aromatic nitrogens is 1. The summed E-state index contributed by atoms with van der Waals surface area (Å²) in [7, 11) is 3.19. The molecule has 5 heteroatoms. The molecule has 0 saturated carbocycles. The van der Waals surface area contributed by atoms with Gasteiger partial charge in [-0.3, -0.25) is 4.98 Å². The first kappa shape index (κ1) is 19.3. The molecule has 28 heavy (non-hydrogen) atoms. The minimum Gasteiger partial charge on any atom is -0.493 e. The highest BCUT2D eigenvalue weighted by Crippen LogP contribution is 2.42. The van der Waals surface area contributed by atoms with Gasteiger partial charge in [0.05, 0.1) is 19.9 Å². The second-order valence-corrected chi connectivity index (χ2v) is 5.95. The molecule has 0 aliphatic carbocycles. The van der Waals surface area contributed by atoms with Crippen molar-refractivity contribution >= 4 is 10.8 Å². The smallest absolute Gasteiger partial charge is 0.203 e. The SMILES string of the molecule is C=CCOc1ccc2c(-c3cc(OC)c(OCC=C)c(OC)c3)nccc2c1. The maximum absolute atomic E-state index is 5.72. The summed E-state index contributed by atoms with van der Waals surface area (Å²) in [6.45, 7) is 8.17. The third-order valence-electron chi connectivity index (χ3n) is 4.18. The van der Waals surface area contributed by atoms with Crippen LogP contribution in [0.4, 0.5) is 0 Å². The Morgan fingerprint density at radius 2 is 1.57 bits per heavy atom. The van der Waals surface area contributed by atoms with Crippen LogP contribution in [0.5, 0.6) is 23.0 Å². The van der Waals surface area contributed by atoms with Crippen molar-refractivity contribution in [2.24, 2.45) is 0 Å². The fourth-order valence-electron chi connectivity index (χ4n) is 2.93. The van der Waals surface area contributed by atoms with Gasteiger partial charge in [0.2, 0.25) is 5.75 Å². The summed E-state index contributed by atoms with van der Waals surface area (Å²) in [6.07, 6.45) is 5.16. The number of methoxy groups -OCH3 is 2. The molecule has 0 aliphatic rings. The van der Waals surface area contributed by atoms with Crippen LogP contribution in [0, 0.1) is 0 Å². The Kier molecular flexibility index (Phi) is 6.17. The number of hydrogen-bond donors (Lipinski definition) is 0. The zero-order valence-electron chi connectivity index (χ0n) is 16.1. The summed E-state index contributed by atoms with van der Waals surface area (Å²) < 4.78 is 22.4. The van der Waals surface area contributed by atoms with Gasteiger partial charge in [-0.1, -0.05) is 25.3 Å². The normalized spacial score (nSPS) is 10.4. The average molecular weight is 377 g/mol. The molecule has 1 aromatic heterocycles. The Morgan fingerprint density at radius 1 is 0.893 bits per heavy atom. The summed E-state index contributed by atoms with van der Waals surface area (Å²) in [4.78, 5) is 4.59. The van der Waals surface area contributed by atoms with Crippen LogP contribution in [0.15, 0.2) is 67.9 Å². The van der Waals surface area contributed by atoms with E-state index in [2.05, 4.69) is 18.1 Å². The van der Waals surface area contributed by atoms with Crippen LogP contribution in [-0.2, 0) is 0 Å². The Labute approximate surface area is 164 Å². The van der Waals surface area contributed by atoms with Gasteiger partial charge in [0.25, 0.3) is 0 Å². The summed E-state index contributed by atoms with van der Waals surface area (Å²) in [6, 6.07) is 11.6. The van der Waals surface area contributed by atoms with E-state index in [1.807, 2.05) is 36.4 Å². The lowest BCUT2D eigenvalue weighted by Crippen LogP contribution is -2.00. The second kappa shape index (κ2) is 8.95. The molecule has 3 aromatic rings. The van der Waals surface area contributed by atoms with Crippen LogP contribution >= 0.6 is 0 Å². The van der Waals surface area contributed by atoms with Gasteiger partial charge in [0.1, 0.15) is 19.0 Å². The molecular weight excluding hydrogens is 354 g/mol. The van der Waals surface area contributed by atoms with Crippen molar-refractivity contribution in [2.75, 3.05) is 27.4 Å². The Balaban J connectivity index is 2.10. The molecule has 0 unspecified atom stereocenters. The van der Waals surface area contributed by atoms with Crippen LogP contribution in [0.2, 0.25) is 0 Å². The fourth-order valence-corrected chi connectivity index (χ4v) is 2.93. The molecular formula is C23H23NO4. The quantitative estimate of drug-likeness (QED) is 0.489. The Bertz CT molecular complexity index is 972. The highest BCUT2D eigenvalue weighted by molar-refractivity contribution is 5.95. The summed E-state index contributed by atoms with van der Waals surface area (Å²) in [5, 5.41) is 2.02. The van der Waals surface area contributed by atoms with Crippen molar-refractivity contribution in [3.8, 4) is 34.3 Å². The Morgan fingerprint density at radius 3 is 2.21 bits per heavy atom. The molecule has 1 heterocycles. The first-order chi connectivity index (χ1) is 13.7. The topological polar surface area (TPSA) is 49.8 Å². The van der Waals surface area contributed by atoms with E-state index in [4.69, 9.17) is 18.9 Å². The first-order valence-corrected chi connectivity index (χ1v) is 8.84. The largest absolute Gasteiger partial charge is 0.493 e. The highest BCUT2D eigenvalue weighted by Gasteiger charge is 2.17. The molecule has 3 rings (SSSR count). The van der Waals surface area contributed by atoms with E-state index in [9.17, 15) is 0 Å². The lowest BCUT2D eigenvalue weighted by Gasteiger charge is -2.16.